The number of sulfonamides is 1. The molecule has 5 nitrogen and oxygen atoms in total. The molecule has 0 fully saturated rings. The summed E-state index contributed by atoms with van der Waals surface area (Å²) in [4.78, 5) is 0.163. The van der Waals surface area contributed by atoms with Crippen LogP contribution in [-0.4, -0.2) is 13.0 Å². The zero-order valence-electron chi connectivity index (χ0n) is 14.8. The van der Waals surface area contributed by atoms with E-state index in [9.17, 15) is 13.7 Å². The fourth-order valence-corrected chi connectivity index (χ4v) is 4.23. The topological polar surface area (TPSA) is 88.9 Å². The molecule has 1 aromatic heterocycles. The fourth-order valence-electron chi connectivity index (χ4n) is 3.41. The highest BCUT2D eigenvalue weighted by Gasteiger charge is 2.24. The number of aromatic nitrogens is 1. The van der Waals surface area contributed by atoms with Gasteiger partial charge in [-0.3, -0.25) is 0 Å². The Kier molecular flexibility index (Phi) is 4.86. The number of primary sulfonamides is 1. The van der Waals surface area contributed by atoms with Gasteiger partial charge >= 0.3 is 0 Å². The van der Waals surface area contributed by atoms with Crippen LogP contribution in [0, 0.1) is 17.2 Å². The summed E-state index contributed by atoms with van der Waals surface area (Å²) in [6, 6.07) is 16.8. The van der Waals surface area contributed by atoms with Crippen LogP contribution in [0.5, 0.6) is 0 Å². The number of nitrogens with zero attached hydrogens (tertiary/aromatic N) is 2. The average Bonchev–Trinajstić information content (AvgIpc) is 2.96. The molecular formula is C20H21N3O2S. The molecule has 0 unspecified atom stereocenters. The first-order valence-electron chi connectivity index (χ1n) is 8.42. The summed E-state index contributed by atoms with van der Waals surface area (Å²) < 4.78 is 26.1. The van der Waals surface area contributed by atoms with Crippen LogP contribution in [0.1, 0.15) is 30.9 Å². The summed E-state index contributed by atoms with van der Waals surface area (Å²) in [6.07, 6.45) is 1.83. The number of hydrogen-bond acceptors (Lipinski definition) is 3. The summed E-state index contributed by atoms with van der Waals surface area (Å²) in [6.45, 7) is 4.68. The van der Waals surface area contributed by atoms with Crippen LogP contribution in [0.2, 0.25) is 0 Å². The van der Waals surface area contributed by atoms with E-state index in [1.807, 2.05) is 47.2 Å². The number of benzene rings is 2. The molecule has 2 N–H and O–H groups in total. The molecule has 0 amide bonds. The van der Waals surface area contributed by atoms with Crippen molar-refractivity contribution in [3.05, 3.63) is 65.9 Å². The quantitative estimate of drug-likeness (QED) is 0.747. The normalized spacial score (nSPS) is 13.0. The second-order valence-electron chi connectivity index (χ2n) is 6.76. The van der Waals surface area contributed by atoms with Gasteiger partial charge in [-0.15, -0.1) is 0 Å². The maximum absolute atomic E-state index is 12.0. The van der Waals surface area contributed by atoms with Gasteiger partial charge in [-0.05, 0) is 23.6 Å². The largest absolute Gasteiger partial charge is 0.345 e. The van der Waals surface area contributed by atoms with E-state index >= 15 is 0 Å². The molecule has 3 rings (SSSR count). The van der Waals surface area contributed by atoms with E-state index in [1.165, 1.54) is 0 Å². The zero-order chi connectivity index (χ0) is 18.9. The third-order valence-electron chi connectivity index (χ3n) is 4.73. The van der Waals surface area contributed by atoms with Gasteiger partial charge in [0.25, 0.3) is 0 Å². The predicted octanol–water partition coefficient (Wildman–Crippen LogP) is 3.60. The average molecular weight is 367 g/mol. The van der Waals surface area contributed by atoms with Crippen LogP contribution in [0.25, 0.3) is 10.9 Å². The third-order valence-corrected chi connectivity index (χ3v) is 5.72. The zero-order valence-corrected chi connectivity index (χ0v) is 15.6. The lowest BCUT2D eigenvalue weighted by Crippen LogP contribution is -2.20. The lowest BCUT2D eigenvalue weighted by molar-refractivity contribution is 0.435. The molecule has 2 aromatic carbocycles. The summed E-state index contributed by atoms with van der Waals surface area (Å²) in [5, 5.41) is 15.7. The van der Waals surface area contributed by atoms with Gasteiger partial charge in [0, 0.05) is 29.6 Å². The van der Waals surface area contributed by atoms with Crippen molar-refractivity contribution >= 4 is 20.9 Å². The molecule has 26 heavy (non-hydrogen) atoms. The third kappa shape index (κ3) is 3.36. The highest BCUT2D eigenvalue weighted by molar-refractivity contribution is 7.89. The van der Waals surface area contributed by atoms with E-state index in [4.69, 9.17) is 5.14 Å². The molecule has 0 aliphatic rings. The van der Waals surface area contributed by atoms with Crippen molar-refractivity contribution in [1.82, 2.24) is 4.57 Å². The molecule has 0 spiro atoms. The van der Waals surface area contributed by atoms with Gasteiger partial charge in [0.05, 0.1) is 10.5 Å². The van der Waals surface area contributed by atoms with Gasteiger partial charge in [0.15, 0.2) is 0 Å². The molecule has 1 atom stereocenters. The van der Waals surface area contributed by atoms with Crippen LogP contribution < -0.4 is 5.14 Å². The van der Waals surface area contributed by atoms with E-state index in [2.05, 4.69) is 19.9 Å². The van der Waals surface area contributed by atoms with Crippen LogP contribution in [0.4, 0.5) is 0 Å². The van der Waals surface area contributed by atoms with E-state index in [0.29, 0.717) is 17.7 Å². The number of para-hydroxylation sites is 1. The molecule has 0 aliphatic carbocycles. The van der Waals surface area contributed by atoms with Crippen molar-refractivity contribution in [2.24, 2.45) is 11.1 Å². The first-order valence-corrected chi connectivity index (χ1v) is 9.97. The van der Waals surface area contributed by atoms with Gasteiger partial charge in [0.1, 0.15) is 6.07 Å². The first-order chi connectivity index (χ1) is 12.3. The fraction of sp³-hybridized carbons (Fsp3) is 0.250. The second kappa shape index (κ2) is 6.94. The Labute approximate surface area is 153 Å². The SMILES string of the molecule is CC(C)[C@H](Cn1cc(C#N)c2ccccc21)c1ccccc1S(N)(=O)=O. The Bertz CT molecular complexity index is 1090. The van der Waals surface area contributed by atoms with E-state index in [0.717, 1.165) is 10.9 Å². The summed E-state index contributed by atoms with van der Waals surface area (Å²) in [7, 11) is -3.81. The van der Waals surface area contributed by atoms with Crippen LogP contribution in [0.15, 0.2) is 59.6 Å². The van der Waals surface area contributed by atoms with E-state index < -0.39 is 10.0 Å². The van der Waals surface area contributed by atoms with Gasteiger partial charge in [-0.2, -0.15) is 5.26 Å². The van der Waals surface area contributed by atoms with Crippen molar-refractivity contribution in [2.45, 2.75) is 31.2 Å². The highest BCUT2D eigenvalue weighted by Crippen LogP contribution is 2.32. The molecular weight excluding hydrogens is 346 g/mol. The Balaban J connectivity index is 2.12. The van der Waals surface area contributed by atoms with Crippen molar-refractivity contribution < 1.29 is 8.42 Å². The first kappa shape index (κ1) is 18.2. The highest BCUT2D eigenvalue weighted by atomic mass is 32.2. The summed E-state index contributed by atoms with van der Waals surface area (Å²) in [5.74, 6) is 0.122. The number of nitrogens with two attached hydrogens (primary N) is 1. The molecule has 0 aliphatic heterocycles. The van der Waals surface area contributed by atoms with Crippen molar-refractivity contribution in [2.75, 3.05) is 0 Å². The lowest BCUT2D eigenvalue weighted by atomic mass is 9.88. The Morgan fingerprint density at radius 1 is 1.12 bits per heavy atom. The number of rotatable bonds is 5. The molecule has 1 heterocycles. The molecule has 0 saturated carbocycles. The molecule has 0 bridgehead atoms. The van der Waals surface area contributed by atoms with E-state index in [1.54, 1.807) is 12.1 Å². The maximum Gasteiger partial charge on any atom is 0.238 e. The minimum atomic E-state index is -3.81. The Morgan fingerprint density at radius 2 is 1.77 bits per heavy atom. The van der Waals surface area contributed by atoms with Gasteiger partial charge in [-0.1, -0.05) is 50.2 Å². The number of nitriles is 1. The van der Waals surface area contributed by atoms with Gasteiger partial charge in [-0.25, -0.2) is 13.6 Å². The van der Waals surface area contributed by atoms with Crippen LogP contribution >= 0.6 is 0 Å². The summed E-state index contributed by atoms with van der Waals surface area (Å²) >= 11 is 0. The minimum absolute atomic E-state index is 0.0631. The Morgan fingerprint density at radius 3 is 2.42 bits per heavy atom. The standard InChI is InChI=1S/C20H21N3O2S/c1-14(2)18(17-8-4-6-10-20(17)26(22,24)25)13-23-12-15(11-21)16-7-3-5-9-19(16)23/h3-10,12,14,18H,13H2,1-2H3,(H2,22,24,25)/t18-/m0/s1. The molecule has 0 saturated heterocycles. The maximum atomic E-state index is 12.0. The molecule has 134 valence electrons. The van der Waals surface area contributed by atoms with Gasteiger partial charge < -0.3 is 4.57 Å². The van der Waals surface area contributed by atoms with Crippen molar-refractivity contribution in [3.63, 3.8) is 0 Å². The molecule has 3 aromatic rings. The predicted molar refractivity (Wildman–Crippen MR) is 102 cm³/mol. The van der Waals surface area contributed by atoms with Crippen LogP contribution in [0.3, 0.4) is 0 Å². The smallest absolute Gasteiger partial charge is 0.238 e. The Hall–Kier alpha value is -2.62. The van der Waals surface area contributed by atoms with E-state index in [-0.39, 0.29) is 16.7 Å². The lowest BCUT2D eigenvalue weighted by Gasteiger charge is -2.24. The van der Waals surface area contributed by atoms with Gasteiger partial charge in [0.2, 0.25) is 10.0 Å². The number of hydrogen-bond donors (Lipinski definition) is 1. The van der Waals surface area contributed by atoms with Crippen LogP contribution in [-0.2, 0) is 16.6 Å². The van der Waals surface area contributed by atoms with Crippen molar-refractivity contribution in [3.8, 4) is 6.07 Å². The second-order valence-corrected chi connectivity index (χ2v) is 8.29. The summed E-state index contributed by atoms with van der Waals surface area (Å²) in [5.41, 5.74) is 2.28. The monoisotopic (exact) mass is 367 g/mol. The minimum Gasteiger partial charge on any atom is -0.345 e. The molecule has 6 heteroatoms. The number of fused-ring (bicyclic) bond motifs is 1. The van der Waals surface area contributed by atoms with Crippen molar-refractivity contribution in [1.29, 1.82) is 5.26 Å². The molecule has 0 radical (unpaired) electrons.